The van der Waals surface area contributed by atoms with Crippen LogP contribution in [0.5, 0.6) is 0 Å². The number of piperidine rings is 1. The van der Waals surface area contributed by atoms with Crippen molar-refractivity contribution in [3.8, 4) is 0 Å². The van der Waals surface area contributed by atoms with Gasteiger partial charge in [-0.2, -0.15) is 0 Å². The lowest BCUT2D eigenvalue weighted by molar-refractivity contribution is 0.0206. The van der Waals surface area contributed by atoms with Crippen molar-refractivity contribution >= 4 is 6.09 Å². The van der Waals surface area contributed by atoms with Crippen LogP contribution in [0.1, 0.15) is 40.5 Å². The van der Waals surface area contributed by atoms with Gasteiger partial charge in [-0.05, 0) is 59.5 Å². The van der Waals surface area contributed by atoms with E-state index < -0.39 is 5.60 Å². The number of carbonyl (C=O) groups is 1. The van der Waals surface area contributed by atoms with Gasteiger partial charge >= 0.3 is 6.09 Å². The average Bonchev–Trinajstić information content (AvgIpc) is 2.36. The Kier molecular flexibility index (Phi) is 6.76. The maximum atomic E-state index is 12.1. The van der Waals surface area contributed by atoms with Crippen LogP contribution in [0.25, 0.3) is 0 Å². The molecule has 118 valence electrons. The molecule has 0 radical (unpaired) electrons. The van der Waals surface area contributed by atoms with Gasteiger partial charge in [-0.25, -0.2) is 4.79 Å². The standard InChI is InChI=1S/C15H31N3O2/c1-5-18(14(19)20-15(2,3)4)12-13-6-9-17(10-7-13)11-8-16/h13H,5-12,16H2,1-4H3. The van der Waals surface area contributed by atoms with Crippen molar-refractivity contribution in [1.82, 2.24) is 9.80 Å². The molecule has 1 heterocycles. The van der Waals surface area contributed by atoms with E-state index >= 15 is 0 Å². The van der Waals surface area contributed by atoms with Crippen molar-refractivity contribution in [1.29, 1.82) is 0 Å². The lowest BCUT2D eigenvalue weighted by atomic mass is 9.96. The van der Waals surface area contributed by atoms with Crippen molar-refractivity contribution in [3.63, 3.8) is 0 Å². The first-order chi connectivity index (χ1) is 9.35. The number of nitrogens with zero attached hydrogens (tertiary/aromatic N) is 2. The molecule has 0 aromatic heterocycles. The first kappa shape index (κ1) is 17.2. The molecule has 1 rings (SSSR count). The van der Waals surface area contributed by atoms with Crippen molar-refractivity contribution in [2.24, 2.45) is 11.7 Å². The van der Waals surface area contributed by atoms with Gasteiger partial charge in [-0.1, -0.05) is 0 Å². The summed E-state index contributed by atoms with van der Waals surface area (Å²) in [5.41, 5.74) is 5.16. The molecule has 1 saturated heterocycles. The summed E-state index contributed by atoms with van der Waals surface area (Å²) >= 11 is 0. The van der Waals surface area contributed by atoms with Crippen LogP contribution in [-0.2, 0) is 4.74 Å². The minimum absolute atomic E-state index is 0.190. The maximum Gasteiger partial charge on any atom is 0.410 e. The van der Waals surface area contributed by atoms with Gasteiger partial charge < -0.3 is 20.3 Å². The van der Waals surface area contributed by atoms with E-state index in [0.29, 0.717) is 12.5 Å². The predicted molar refractivity (Wildman–Crippen MR) is 81.7 cm³/mol. The van der Waals surface area contributed by atoms with Crippen LogP contribution in [0.3, 0.4) is 0 Å². The van der Waals surface area contributed by atoms with Gasteiger partial charge in [0, 0.05) is 26.2 Å². The number of amides is 1. The van der Waals surface area contributed by atoms with Crippen LogP contribution in [-0.4, -0.2) is 60.8 Å². The molecular weight excluding hydrogens is 254 g/mol. The second kappa shape index (κ2) is 7.84. The fourth-order valence-electron chi connectivity index (χ4n) is 2.55. The van der Waals surface area contributed by atoms with Crippen LogP contribution < -0.4 is 5.73 Å². The lowest BCUT2D eigenvalue weighted by Gasteiger charge is -2.35. The highest BCUT2D eigenvalue weighted by Crippen LogP contribution is 2.19. The number of carbonyl (C=O) groups excluding carboxylic acids is 1. The Hall–Kier alpha value is -0.810. The molecule has 0 aromatic rings. The molecule has 0 bridgehead atoms. The summed E-state index contributed by atoms with van der Waals surface area (Å²) in [6, 6.07) is 0. The summed E-state index contributed by atoms with van der Waals surface area (Å²) in [5, 5.41) is 0. The summed E-state index contributed by atoms with van der Waals surface area (Å²) in [6.07, 6.45) is 2.09. The Morgan fingerprint density at radius 3 is 2.40 bits per heavy atom. The van der Waals surface area contributed by atoms with Gasteiger partial charge in [0.1, 0.15) is 5.60 Å². The normalized spacial score (nSPS) is 18.1. The molecule has 1 fully saturated rings. The van der Waals surface area contributed by atoms with Gasteiger partial charge in [0.15, 0.2) is 0 Å². The molecule has 5 heteroatoms. The Bertz CT molecular complexity index is 294. The molecule has 0 unspecified atom stereocenters. The summed E-state index contributed by atoms with van der Waals surface area (Å²) in [5.74, 6) is 0.580. The highest BCUT2D eigenvalue weighted by atomic mass is 16.6. The second-order valence-electron chi connectivity index (χ2n) is 6.59. The molecule has 0 aliphatic carbocycles. The molecule has 2 N–H and O–H groups in total. The Morgan fingerprint density at radius 2 is 1.95 bits per heavy atom. The third-order valence-electron chi connectivity index (χ3n) is 3.66. The summed E-state index contributed by atoms with van der Waals surface area (Å²) in [7, 11) is 0. The van der Waals surface area contributed by atoms with Gasteiger partial charge in [-0.3, -0.25) is 0 Å². The second-order valence-corrected chi connectivity index (χ2v) is 6.59. The van der Waals surface area contributed by atoms with E-state index in [1.165, 1.54) is 0 Å². The summed E-state index contributed by atoms with van der Waals surface area (Å²) in [6.45, 7) is 13.1. The number of ether oxygens (including phenoxy) is 1. The van der Waals surface area contributed by atoms with Crippen LogP contribution in [0, 0.1) is 5.92 Å². The van der Waals surface area contributed by atoms with Gasteiger partial charge in [0.2, 0.25) is 0 Å². The minimum atomic E-state index is -0.422. The van der Waals surface area contributed by atoms with Crippen LogP contribution in [0.15, 0.2) is 0 Å². The third kappa shape index (κ3) is 6.09. The SMILES string of the molecule is CCN(CC1CCN(CCN)CC1)C(=O)OC(C)(C)C. The Balaban J connectivity index is 2.40. The van der Waals surface area contributed by atoms with Gasteiger partial charge in [0.25, 0.3) is 0 Å². The first-order valence-corrected chi connectivity index (χ1v) is 7.76. The van der Waals surface area contributed by atoms with Crippen molar-refractivity contribution in [2.75, 3.05) is 39.3 Å². The molecule has 1 aliphatic heterocycles. The van der Waals surface area contributed by atoms with Crippen LogP contribution in [0.4, 0.5) is 4.79 Å². The van der Waals surface area contributed by atoms with E-state index in [2.05, 4.69) is 4.90 Å². The molecule has 0 atom stereocenters. The number of nitrogens with two attached hydrogens (primary N) is 1. The largest absolute Gasteiger partial charge is 0.444 e. The van der Waals surface area contributed by atoms with Crippen molar-refractivity contribution in [3.05, 3.63) is 0 Å². The molecule has 0 aromatic carbocycles. The highest BCUT2D eigenvalue weighted by Gasteiger charge is 2.25. The maximum absolute atomic E-state index is 12.1. The van der Waals surface area contributed by atoms with Crippen LogP contribution in [0.2, 0.25) is 0 Å². The van der Waals surface area contributed by atoms with Crippen molar-refractivity contribution in [2.45, 2.75) is 46.1 Å². The Labute approximate surface area is 123 Å². The molecule has 5 nitrogen and oxygen atoms in total. The quantitative estimate of drug-likeness (QED) is 0.838. The zero-order valence-corrected chi connectivity index (χ0v) is 13.5. The van der Waals surface area contributed by atoms with E-state index in [1.54, 1.807) is 0 Å². The fraction of sp³-hybridized carbons (Fsp3) is 0.933. The monoisotopic (exact) mass is 285 g/mol. The fourth-order valence-corrected chi connectivity index (χ4v) is 2.55. The molecular formula is C15H31N3O2. The van der Waals surface area contributed by atoms with Gasteiger partial charge in [-0.15, -0.1) is 0 Å². The molecule has 1 amide bonds. The zero-order chi connectivity index (χ0) is 15.2. The van der Waals surface area contributed by atoms with Crippen LogP contribution >= 0.6 is 0 Å². The van der Waals surface area contributed by atoms with E-state index in [-0.39, 0.29) is 6.09 Å². The molecule has 0 spiro atoms. The predicted octanol–water partition coefficient (Wildman–Crippen LogP) is 1.91. The topological polar surface area (TPSA) is 58.8 Å². The molecule has 1 aliphatic rings. The van der Waals surface area contributed by atoms with Crippen molar-refractivity contribution < 1.29 is 9.53 Å². The smallest absolute Gasteiger partial charge is 0.410 e. The van der Waals surface area contributed by atoms with E-state index in [4.69, 9.17) is 10.5 Å². The van der Waals surface area contributed by atoms with E-state index in [1.807, 2.05) is 32.6 Å². The average molecular weight is 285 g/mol. The number of likely N-dealkylation sites (tertiary alicyclic amines) is 1. The lowest BCUT2D eigenvalue weighted by Crippen LogP contribution is -2.43. The highest BCUT2D eigenvalue weighted by molar-refractivity contribution is 5.68. The summed E-state index contributed by atoms with van der Waals surface area (Å²) in [4.78, 5) is 16.3. The first-order valence-electron chi connectivity index (χ1n) is 7.76. The minimum Gasteiger partial charge on any atom is -0.444 e. The number of hydrogen-bond acceptors (Lipinski definition) is 4. The number of rotatable bonds is 5. The molecule has 20 heavy (non-hydrogen) atoms. The number of hydrogen-bond donors (Lipinski definition) is 1. The Morgan fingerprint density at radius 1 is 1.35 bits per heavy atom. The zero-order valence-electron chi connectivity index (χ0n) is 13.5. The third-order valence-corrected chi connectivity index (χ3v) is 3.66. The van der Waals surface area contributed by atoms with E-state index in [9.17, 15) is 4.79 Å². The van der Waals surface area contributed by atoms with E-state index in [0.717, 1.165) is 45.6 Å². The molecule has 0 saturated carbocycles. The summed E-state index contributed by atoms with van der Waals surface area (Å²) < 4.78 is 5.45. The van der Waals surface area contributed by atoms with Gasteiger partial charge in [0.05, 0.1) is 0 Å².